The van der Waals surface area contributed by atoms with Crippen LogP contribution in [0.2, 0.25) is 0 Å². The third-order valence-electron chi connectivity index (χ3n) is 1.98. The average Bonchev–Trinajstić information content (AvgIpc) is 2.18. The number of hydrogen-bond acceptors (Lipinski definition) is 2. The number of aliphatic imine (C=N–C) groups is 1. The molecule has 0 fully saturated rings. The fraction of sp³-hybridized carbons (Fsp3) is 0.364. The molecule has 17 heavy (non-hydrogen) atoms. The van der Waals surface area contributed by atoms with E-state index in [1.165, 1.54) is 24.3 Å². The maximum Gasteiger partial charge on any atom is 0.573 e. The summed E-state index contributed by atoms with van der Waals surface area (Å²) < 4.78 is 39.6. The smallest absolute Gasteiger partial charge is 0.406 e. The molecule has 0 aliphatic rings. The van der Waals surface area contributed by atoms with Crippen molar-refractivity contribution >= 4 is 5.84 Å². The predicted octanol–water partition coefficient (Wildman–Crippen LogP) is 2.52. The molecule has 0 radical (unpaired) electrons. The van der Waals surface area contributed by atoms with Gasteiger partial charge in [0.05, 0.1) is 0 Å². The van der Waals surface area contributed by atoms with Gasteiger partial charge in [0.2, 0.25) is 0 Å². The standard InChI is InChI=1S/C11H13F3N2O/c1-15-10(16(2)3)8-4-6-9(7-5-8)17-11(12,13)14/h4-7H,1-3H3. The molecule has 0 aliphatic carbocycles. The monoisotopic (exact) mass is 246 g/mol. The molecule has 0 amide bonds. The highest BCUT2D eigenvalue weighted by Crippen LogP contribution is 2.22. The van der Waals surface area contributed by atoms with Crippen LogP contribution in [0.5, 0.6) is 5.75 Å². The van der Waals surface area contributed by atoms with E-state index in [1.807, 2.05) is 14.1 Å². The van der Waals surface area contributed by atoms with Gasteiger partial charge in [-0.05, 0) is 24.3 Å². The van der Waals surface area contributed by atoms with E-state index in [2.05, 4.69) is 9.73 Å². The number of halogens is 3. The lowest BCUT2D eigenvalue weighted by Gasteiger charge is -2.16. The molecule has 0 spiro atoms. The third kappa shape index (κ3) is 3.97. The van der Waals surface area contributed by atoms with Crippen molar-refractivity contribution in [2.24, 2.45) is 4.99 Å². The molecule has 0 aliphatic heterocycles. The van der Waals surface area contributed by atoms with Crippen LogP contribution in [0.25, 0.3) is 0 Å². The minimum atomic E-state index is -4.66. The number of nitrogens with zero attached hydrogens (tertiary/aromatic N) is 2. The summed E-state index contributed by atoms with van der Waals surface area (Å²) in [5, 5.41) is 0. The van der Waals surface area contributed by atoms with E-state index in [9.17, 15) is 13.2 Å². The fourth-order valence-electron chi connectivity index (χ4n) is 1.39. The van der Waals surface area contributed by atoms with E-state index in [0.29, 0.717) is 5.84 Å². The molecular weight excluding hydrogens is 233 g/mol. The quantitative estimate of drug-likeness (QED) is 0.591. The summed E-state index contributed by atoms with van der Waals surface area (Å²) in [6.07, 6.45) is -4.66. The first-order chi connectivity index (χ1) is 7.83. The second kappa shape index (κ2) is 5.07. The maximum absolute atomic E-state index is 11.9. The molecule has 1 rings (SSSR count). The second-order valence-electron chi connectivity index (χ2n) is 3.51. The molecule has 0 aromatic heterocycles. The van der Waals surface area contributed by atoms with Crippen molar-refractivity contribution in [3.05, 3.63) is 29.8 Å². The Labute approximate surface area is 97.5 Å². The Morgan fingerprint density at radius 3 is 2.06 bits per heavy atom. The van der Waals surface area contributed by atoms with Crippen LogP contribution in [-0.4, -0.2) is 38.2 Å². The number of benzene rings is 1. The zero-order valence-electron chi connectivity index (χ0n) is 9.75. The molecule has 0 saturated heterocycles. The van der Waals surface area contributed by atoms with Crippen LogP contribution in [0, 0.1) is 0 Å². The van der Waals surface area contributed by atoms with Crippen molar-refractivity contribution < 1.29 is 17.9 Å². The molecule has 0 unspecified atom stereocenters. The Balaban J connectivity index is 2.88. The average molecular weight is 246 g/mol. The van der Waals surface area contributed by atoms with E-state index in [0.717, 1.165) is 5.56 Å². The number of amidine groups is 1. The summed E-state index contributed by atoms with van der Waals surface area (Å²) in [5.41, 5.74) is 0.729. The van der Waals surface area contributed by atoms with Crippen LogP contribution in [0.15, 0.2) is 29.3 Å². The van der Waals surface area contributed by atoms with Crippen LogP contribution in [-0.2, 0) is 0 Å². The largest absolute Gasteiger partial charge is 0.573 e. The Morgan fingerprint density at radius 1 is 1.18 bits per heavy atom. The van der Waals surface area contributed by atoms with E-state index < -0.39 is 6.36 Å². The molecule has 0 atom stereocenters. The zero-order valence-corrected chi connectivity index (χ0v) is 9.75. The van der Waals surface area contributed by atoms with Gasteiger partial charge in [-0.1, -0.05) is 0 Å². The molecule has 1 aromatic carbocycles. The minimum Gasteiger partial charge on any atom is -0.406 e. The highest BCUT2D eigenvalue weighted by molar-refractivity contribution is 5.98. The van der Waals surface area contributed by atoms with Crippen LogP contribution in [0.3, 0.4) is 0 Å². The predicted molar refractivity (Wildman–Crippen MR) is 59.3 cm³/mol. The van der Waals surface area contributed by atoms with Gasteiger partial charge >= 0.3 is 6.36 Å². The van der Waals surface area contributed by atoms with Crippen molar-refractivity contribution in [2.75, 3.05) is 21.1 Å². The van der Waals surface area contributed by atoms with Crippen molar-refractivity contribution in [3.8, 4) is 5.75 Å². The number of rotatable bonds is 2. The maximum atomic E-state index is 11.9. The van der Waals surface area contributed by atoms with E-state index in [1.54, 1.807) is 11.9 Å². The minimum absolute atomic E-state index is 0.240. The van der Waals surface area contributed by atoms with Crippen LogP contribution < -0.4 is 4.74 Å². The molecule has 0 bridgehead atoms. The van der Waals surface area contributed by atoms with Gasteiger partial charge in [-0.25, -0.2) is 0 Å². The van der Waals surface area contributed by atoms with Gasteiger partial charge in [0, 0.05) is 26.7 Å². The molecule has 0 N–H and O–H groups in total. The molecule has 6 heteroatoms. The van der Waals surface area contributed by atoms with Crippen molar-refractivity contribution in [1.82, 2.24) is 4.90 Å². The lowest BCUT2D eigenvalue weighted by Crippen LogP contribution is -2.23. The topological polar surface area (TPSA) is 24.8 Å². The zero-order chi connectivity index (χ0) is 13.1. The van der Waals surface area contributed by atoms with E-state index >= 15 is 0 Å². The highest BCUT2D eigenvalue weighted by Gasteiger charge is 2.30. The molecule has 0 heterocycles. The van der Waals surface area contributed by atoms with E-state index in [-0.39, 0.29) is 5.75 Å². The SMILES string of the molecule is CN=C(c1ccc(OC(F)(F)F)cc1)N(C)C. The normalized spacial score (nSPS) is 12.5. The molecule has 0 saturated carbocycles. The number of ether oxygens (including phenoxy) is 1. The van der Waals surface area contributed by atoms with Crippen LogP contribution in [0.4, 0.5) is 13.2 Å². The van der Waals surface area contributed by atoms with Crippen molar-refractivity contribution in [2.45, 2.75) is 6.36 Å². The Kier molecular flexibility index (Phi) is 3.98. The summed E-state index contributed by atoms with van der Waals surface area (Å²) in [6, 6.07) is 5.59. The van der Waals surface area contributed by atoms with Gasteiger partial charge in [0.1, 0.15) is 11.6 Å². The van der Waals surface area contributed by atoms with Gasteiger partial charge in [0.25, 0.3) is 0 Å². The lowest BCUT2D eigenvalue weighted by atomic mass is 10.2. The first-order valence-electron chi connectivity index (χ1n) is 4.84. The van der Waals surface area contributed by atoms with Crippen molar-refractivity contribution in [3.63, 3.8) is 0 Å². The Morgan fingerprint density at radius 2 is 1.71 bits per heavy atom. The number of alkyl halides is 3. The third-order valence-corrected chi connectivity index (χ3v) is 1.98. The van der Waals surface area contributed by atoms with Crippen LogP contribution in [0.1, 0.15) is 5.56 Å². The van der Waals surface area contributed by atoms with Gasteiger partial charge in [-0.15, -0.1) is 13.2 Å². The summed E-state index contributed by atoms with van der Waals surface area (Å²) in [7, 11) is 5.24. The number of hydrogen-bond donors (Lipinski definition) is 0. The van der Waals surface area contributed by atoms with Crippen molar-refractivity contribution in [1.29, 1.82) is 0 Å². The molecule has 1 aromatic rings. The first-order valence-corrected chi connectivity index (χ1v) is 4.84. The van der Waals surface area contributed by atoms with Crippen LogP contribution >= 0.6 is 0 Å². The summed E-state index contributed by atoms with van der Waals surface area (Å²) in [6.45, 7) is 0. The van der Waals surface area contributed by atoms with Gasteiger partial charge in [-0.3, -0.25) is 4.99 Å². The second-order valence-corrected chi connectivity index (χ2v) is 3.51. The lowest BCUT2D eigenvalue weighted by molar-refractivity contribution is -0.274. The van der Waals surface area contributed by atoms with Gasteiger partial charge < -0.3 is 9.64 Å². The summed E-state index contributed by atoms with van der Waals surface area (Å²) in [5.74, 6) is 0.444. The van der Waals surface area contributed by atoms with E-state index in [4.69, 9.17) is 0 Å². The first kappa shape index (κ1) is 13.3. The van der Waals surface area contributed by atoms with Gasteiger partial charge in [-0.2, -0.15) is 0 Å². The molecule has 94 valence electrons. The molecular formula is C11H13F3N2O. The Bertz CT molecular complexity index is 396. The summed E-state index contributed by atoms with van der Waals surface area (Å²) in [4.78, 5) is 5.82. The summed E-state index contributed by atoms with van der Waals surface area (Å²) >= 11 is 0. The molecule has 3 nitrogen and oxygen atoms in total. The Hall–Kier alpha value is -1.72. The van der Waals surface area contributed by atoms with Gasteiger partial charge in [0.15, 0.2) is 0 Å². The highest BCUT2D eigenvalue weighted by atomic mass is 19.4. The fourth-order valence-corrected chi connectivity index (χ4v) is 1.39.